The summed E-state index contributed by atoms with van der Waals surface area (Å²) in [6, 6.07) is 6.82. The third kappa shape index (κ3) is 5.07. The van der Waals surface area contributed by atoms with Crippen molar-refractivity contribution in [3.05, 3.63) is 42.4 Å². The first-order valence-corrected chi connectivity index (χ1v) is 13.4. The van der Waals surface area contributed by atoms with E-state index < -0.39 is 15.6 Å². The number of amides is 2. The predicted molar refractivity (Wildman–Crippen MR) is 136 cm³/mol. The van der Waals surface area contributed by atoms with Gasteiger partial charge in [-0.2, -0.15) is 0 Å². The number of hydrogen-bond acceptors (Lipinski definition) is 10. The molecule has 192 valence electrons. The van der Waals surface area contributed by atoms with Crippen LogP contribution in [0.25, 0.3) is 11.4 Å². The number of benzene rings is 1. The fourth-order valence-electron chi connectivity index (χ4n) is 3.79. The second kappa shape index (κ2) is 9.73. The van der Waals surface area contributed by atoms with Gasteiger partial charge < -0.3 is 20.7 Å². The lowest BCUT2D eigenvalue weighted by atomic mass is 10.1. The van der Waals surface area contributed by atoms with Crippen LogP contribution in [0.2, 0.25) is 0 Å². The Hall–Kier alpha value is -4.13. The molecule has 0 radical (unpaired) electrons. The van der Waals surface area contributed by atoms with Crippen LogP contribution in [-0.2, 0) is 14.5 Å². The van der Waals surface area contributed by atoms with Gasteiger partial charge in [-0.15, -0.1) is 10.2 Å². The number of nitrogens with one attached hydrogen (secondary N) is 4. The summed E-state index contributed by atoms with van der Waals surface area (Å²) in [5.74, 6) is 0.327. The molecule has 1 atom stereocenters. The van der Waals surface area contributed by atoms with E-state index in [1.54, 1.807) is 18.2 Å². The van der Waals surface area contributed by atoms with Gasteiger partial charge in [0, 0.05) is 36.7 Å². The molecule has 2 aliphatic rings. The van der Waals surface area contributed by atoms with Gasteiger partial charge in [0.25, 0.3) is 5.91 Å². The molecular weight excluding hydrogens is 496 g/mol. The quantitative estimate of drug-likeness (QED) is 0.330. The molecule has 2 amide bonds. The van der Waals surface area contributed by atoms with Crippen molar-refractivity contribution in [2.75, 3.05) is 24.8 Å². The van der Waals surface area contributed by atoms with Gasteiger partial charge in [-0.1, -0.05) is 6.07 Å². The smallest absolute Gasteiger partial charge is 0.273 e. The monoisotopic (exact) mass is 522 g/mol. The molecule has 2 fully saturated rings. The van der Waals surface area contributed by atoms with Gasteiger partial charge in [-0.25, -0.2) is 19.0 Å². The average molecular weight is 523 g/mol. The molecular formula is C24H26N8O4S. The maximum Gasteiger partial charge on any atom is 0.273 e. The zero-order valence-corrected chi connectivity index (χ0v) is 21.1. The third-order valence-corrected chi connectivity index (χ3v) is 8.46. The number of carbonyl (C=O) groups excluding carboxylic acids is 2. The van der Waals surface area contributed by atoms with E-state index in [-0.39, 0.29) is 28.6 Å². The molecule has 0 saturated heterocycles. The molecule has 12 nitrogen and oxygen atoms in total. The van der Waals surface area contributed by atoms with Gasteiger partial charge in [0.15, 0.2) is 23.1 Å². The molecule has 2 heterocycles. The zero-order chi connectivity index (χ0) is 26.2. The van der Waals surface area contributed by atoms with Crippen molar-refractivity contribution < 1.29 is 18.5 Å². The molecule has 1 aromatic carbocycles. The summed E-state index contributed by atoms with van der Waals surface area (Å²) in [5, 5.41) is 16.3. The summed E-state index contributed by atoms with van der Waals surface area (Å²) in [4.78, 5) is 33.7. The summed E-state index contributed by atoms with van der Waals surface area (Å²) in [6.07, 6.45) is 6.10. The predicted octanol–water partition coefficient (Wildman–Crippen LogP) is 2.96. The molecule has 37 heavy (non-hydrogen) atoms. The summed E-state index contributed by atoms with van der Waals surface area (Å²) in [5.41, 5.74) is 1.39. The molecule has 0 spiro atoms. The van der Waals surface area contributed by atoms with Crippen LogP contribution in [0.1, 0.15) is 36.2 Å². The number of ether oxygens (including phenoxy) is 1. The first-order chi connectivity index (χ1) is 17.8. The van der Waals surface area contributed by atoms with Crippen LogP contribution in [0, 0.1) is 10.7 Å². The standard InChI is InChI=1S/C24H26N8O4S/c1-26-24(34)20-18(10-19(31-32-20)30-23(33)13-6-7-13)29-17-5-3-4-16(21(17)36-2)22-27-11-15(12-28-22)37(25,35)14-8-9-14/h3-5,10-14,25H,6-9H2,1-2H3,(H,26,34)(H2,29,30,31,33). The molecule has 0 aliphatic heterocycles. The van der Waals surface area contributed by atoms with Gasteiger partial charge >= 0.3 is 0 Å². The van der Waals surface area contributed by atoms with Crippen molar-refractivity contribution in [1.82, 2.24) is 25.5 Å². The molecule has 2 aliphatic carbocycles. The molecule has 13 heteroatoms. The van der Waals surface area contributed by atoms with E-state index in [4.69, 9.17) is 9.52 Å². The number of rotatable bonds is 9. The van der Waals surface area contributed by atoms with Crippen molar-refractivity contribution in [3.8, 4) is 17.1 Å². The molecule has 1 unspecified atom stereocenters. The molecule has 4 N–H and O–H groups in total. The van der Waals surface area contributed by atoms with Gasteiger partial charge in [-0.3, -0.25) is 9.59 Å². The van der Waals surface area contributed by atoms with Crippen molar-refractivity contribution in [2.45, 2.75) is 35.8 Å². The van der Waals surface area contributed by atoms with Crippen LogP contribution < -0.4 is 20.7 Å². The first-order valence-electron chi connectivity index (χ1n) is 11.8. The minimum atomic E-state index is -2.91. The SMILES string of the molecule is CNC(=O)c1nnc(NC(=O)C2CC2)cc1Nc1cccc(-c2ncc(S(=N)(=O)C3CC3)cn2)c1OC. The lowest BCUT2D eigenvalue weighted by Gasteiger charge is -2.16. The summed E-state index contributed by atoms with van der Waals surface area (Å²) in [6.45, 7) is 0. The largest absolute Gasteiger partial charge is 0.494 e. The molecule has 3 aromatic rings. The Kier molecular flexibility index (Phi) is 6.46. The number of nitrogens with zero attached hydrogens (tertiary/aromatic N) is 4. The Morgan fingerprint density at radius 3 is 2.43 bits per heavy atom. The highest BCUT2D eigenvalue weighted by Gasteiger charge is 2.34. The summed E-state index contributed by atoms with van der Waals surface area (Å²) in [7, 11) is 0.0688. The van der Waals surface area contributed by atoms with E-state index in [0.29, 0.717) is 33.4 Å². The lowest BCUT2D eigenvalue weighted by molar-refractivity contribution is -0.117. The second-order valence-corrected chi connectivity index (χ2v) is 11.2. The highest BCUT2D eigenvalue weighted by Crippen LogP contribution is 2.38. The molecule has 0 bridgehead atoms. The van der Waals surface area contributed by atoms with Crippen LogP contribution in [0.5, 0.6) is 5.75 Å². The van der Waals surface area contributed by atoms with Crippen LogP contribution in [0.4, 0.5) is 17.2 Å². The van der Waals surface area contributed by atoms with E-state index in [2.05, 4.69) is 36.1 Å². The van der Waals surface area contributed by atoms with E-state index in [9.17, 15) is 13.8 Å². The lowest BCUT2D eigenvalue weighted by Crippen LogP contribution is -2.22. The molecule has 2 saturated carbocycles. The molecule has 5 rings (SSSR count). The maximum atomic E-state index is 12.7. The number of hydrogen-bond donors (Lipinski definition) is 4. The highest BCUT2D eigenvalue weighted by molar-refractivity contribution is 7.93. The Bertz CT molecular complexity index is 1470. The second-order valence-electron chi connectivity index (χ2n) is 8.89. The fraction of sp³-hybridized carbons (Fsp3) is 0.333. The number of methoxy groups -OCH3 is 1. The van der Waals surface area contributed by atoms with Crippen LogP contribution in [0.3, 0.4) is 0 Å². The normalized spacial score (nSPS) is 16.4. The van der Waals surface area contributed by atoms with Crippen molar-refractivity contribution in [3.63, 3.8) is 0 Å². The zero-order valence-electron chi connectivity index (χ0n) is 20.3. The van der Waals surface area contributed by atoms with Gasteiger partial charge in [-0.05, 0) is 37.8 Å². The van der Waals surface area contributed by atoms with Crippen molar-refractivity contribution >= 4 is 38.7 Å². The minimum absolute atomic E-state index is 0.0207. The fourth-order valence-corrected chi connectivity index (χ4v) is 5.39. The number of aromatic nitrogens is 4. The van der Waals surface area contributed by atoms with Crippen LogP contribution >= 0.6 is 0 Å². The third-order valence-electron chi connectivity index (χ3n) is 6.14. The Morgan fingerprint density at radius 2 is 1.81 bits per heavy atom. The number of anilines is 3. The minimum Gasteiger partial charge on any atom is -0.494 e. The number of carbonyl (C=O) groups is 2. The Labute approximate surface area is 213 Å². The molecule has 2 aromatic heterocycles. The van der Waals surface area contributed by atoms with E-state index >= 15 is 0 Å². The van der Waals surface area contributed by atoms with Crippen LogP contribution in [0.15, 0.2) is 41.6 Å². The maximum absolute atomic E-state index is 12.7. The highest BCUT2D eigenvalue weighted by atomic mass is 32.2. The van der Waals surface area contributed by atoms with E-state index in [1.165, 1.54) is 32.6 Å². The van der Waals surface area contributed by atoms with Gasteiger partial charge in [0.05, 0.1) is 38.7 Å². The van der Waals surface area contributed by atoms with Gasteiger partial charge in [0.1, 0.15) is 0 Å². The topological polar surface area (TPSA) is 172 Å². The van der Waals surface area contributed by atoms with Gasteiger partial charge in [0.2, 0.25) is 5.91 Å². The van der Waals surface area contributed by atoms with Crippen molar-refractivity contribution in [2.24, 2.45) is 5.92 Å². The Balaban J connectivity index is 1.47. The number of para-hydroxylation sites is 1. The first kappa shape index (κ1) is 24.6. The Morgan fingerprint density at radius 1 is 1.08 bits per heavy atom. The average Bonchev–Trinajstić information content (AvgIpc) is 3.80. The van der Waals surface area contributed by atoms with E-state index in [0.717, 1.165) is 25.7 Å². The van der Waals surface area contributed by atoms with Crippen LogP contribution in [-0.4, -0.2) is 55.6 Å². The van der Waals surface area contributed by atoms with Crippen molar-refractivity contribution in [1.29, 1.82) is 4.78 Å². The summed E-state index contributed by atoms with van der Waals surface area (Å²) < 4.78 is 26.6. The van der Waals surface area contributed by atoms with E-state index in [1.807, 2.05) is 0 Å². The summed E-state index contributed by atoms with van der Waals surface area (Å²) >= 11 is 0.